The number of hydrogen-bond acceptors (Lipinski definition) is 6. The van der Waals surface area contributed by atoms with Crippen LogP contribution in [0.5, 0.6) is 5.75 Å². The van der Waals surface area contributed by atoms with Crippen LogP contribution in [-0.4, -0.2) is 36.8 Å². The summed E-state index contributed by atoms with van der Waals surface area (Å²) in [6.45, 7) is 0.727. The van der Waals surface area contributed by atoms with Crippen LogP contribution in [0.3, 0.4) is 0 Å². The molecular formula is C22H20F4N4O2. The molecule has 0 amide bonds. The Morgan fingerprint density at radius 2 is 2.03 bits per heavy atom. The molecule has 1 aliphatic rings. The quantitative estimate of drug-likeness (QED) is 0.555. The summed E-state index contributed by atoms with van der Waals surface area (Å²) in [5, 5.41) is 3.77. The Hall–Kier alpha value is -3.40. The number of alkyl halides is 3. The Labute approximate surface area is 181 Å². The fraction of sp³-hybridized carbons (Fsp3) is 0.273. The van der Waals surface area contributed by atoms with E-state index in [0.29, 0.717) is 33.7 Å². The summed E-state index contributed by atoms with van der Waals surface area (Å²) in [7, 11) is 0. The third kappa shape index (κ3) is 4.75. The topological polar surface area (TPSA) is 81.8 Å². The highest BCUT2D eigenvalue weighted by Gasteiger charge is 2.33. The molecule has 1 aliphatic heterocycles. The molecule has 2 heterocycles. The third-order valence-electron chi connectivity index (χ3n) is 4.94. The van der Waals surface area contributed by atoms with E-state index in [9.17, 15) is 17.6 Å². The van der Waals surface area contributed by atoms with Crippen molar-refractivity contribution in [1.29, 1.82) is 0 Å². The van der Waals surface area contributed by atoms with Gasteiger partial charge in [-0.15, -0.1) is 0 Å². The average molecular weight is 448 g/mol. The number of halogens is 4. The maximum atomic E-state index is 14.6. The summed E-state index contributed by atoms with van der Waals surface area (Å²) in [4.78, 5) is 8.63. The standard InChI is InChI=1S/C22H20F4N4O2/c1-21(11-31-10-19(27)30-21)16-8-14(5-6-17(16)23)29-18-4-2-3-13-7-15(9-28-20(13)18)32-12-22(24,25)26/h2-9,29H,10-12H2,1H3,(H2,27,30). The van der Waals surface area contributed by atoms with Gasteiger partial charge in [-0.2, -0.15) is 13.2 Å². The second kappa shape index (κ2) is 8.27. The Morgan fingerprint density at radius 1 is 1.22 bits per heavy atom. The molecule has 0 saturated carbocycles. The first-order valence-electron chi connectivity index (χ1n) is 9.70. The normalized spacial score (nSPS) is 19.0. The summed E-state index contributed by atoms with van der Waals surface area (Å²) in [5.41, 5.74) is 6.83. The Bertz CT molecular complexity index is 1180. The number of aliphatic imine (C=N–C) groups is 1. The lowest BCUT2D eigenvalue weighted by molar-refractivity contribution is -0.153. The predicted molar refractivity (Wildman–Crippen MR) is 113 cm³/mol. The van der Waals surface area contributed by atoms with Gasteiger partial charge in [0.05, 0.1) is 24.0 Å². The van der Waals surface area contributed by atoms with Gasteiger partial charge in [0.2, 0.25) is 0 Å². The summed E-state index contributed by atoms with van der Waals surface area (Å²) in [6.07, 6.45) is -3.21. The molecule has 3 aromatic rings. The molecule has 168 valence electrons. The van der Waals surface area contributed by atoms with Gasteiger partial charge in [-0.3, -0.25) is 9.98 Å². The summed E-state index contributed by atoms with van der Waals surface area (Å²) < 4.78 is 62.0. The molecule has 0 spiro atoms. The largest absolute Gasteiger partial charge is 0.482 e. The fourth-order valence-electron chi connectivity index (χ4n) is 3.53. The van der Waals surface area contributed by atoms with Gasteiger partial charge < -0.3 is 20.5 Å². The maximum absolute atomic E-state index is 14.6. The van der Waals surface area contributed by atoms with Gasteiger partial charge >= 0.3 is 6.18 Å². The van der Waals surface area contributed by atoms with E-state index in [4.69, 9.17) is 15.2 Å². The predicted octanol–water partition coefficient (Wildman–Crippen LogP) is 4.66. The van der Waals surface area contributed by atoms with Gasteiger partial charge in [0, 0.05) is 16.6 Å². The van der Waals surface area contributed by atoms with Gasteiger partial charge in [-0.05, 0) is 37.3 Å². The molecule has 0 fully saturated rings. The van der Waals surface area contributed by atoms with Gasteiger partial charge in [-0.25, -0.2) is 4.39 Å². The number of fused-ring (bicyclic) bond motifs is 1. The second-order valence-corrected chi connectivity index (χ2v) is 7.64. The zero-order valence-corrected chi connectivity index (χ0v) is 17.0. The number of nitrogens with zero attached hydrogens (tertiary/aromatic N) is 2. The lowest BCUT2D eigenvalue weighted by atomic mass is 9.91. The first-order valence-corrected chi connectivity index (χ1v) is 9.70. The fourth-order valence-corrected chi connectivity index (χ4v) is 3.53. The number of hydrogen-bond donors (Lipinski definition) is 2. The molecule has 3 N–H and O–H groups in total. The number of nitrogens with two attached hydrogens (primary N) is 1. The highest BCUT2D eigenvalue weighted by molar-refractivity contribution is 5.92. The molecule has 10 heteroatoms. The monoisotopic (exact) mass is 448 g/mol. The molecule has 0 radical (unpaired) electrons. The van der Waals surface area contributed by atoms with Crippen molar-refractivity contribution >= 4 is 28.1 Å². The van der Waals surface area contributed by atoms with E-state index in [2.05, 4.69) is 15.3 Å². The van der Waals surface area contributed by atoms with E-state index in [0.717, 1.165) is 0 Å². The molecule has 2 aromatic carbocycles. The average Bonchev–Trinajstić information content (AvgIpc) is 2.73. The summed E-state index contributed by atoms with van der Waals surface area (Å²) >= 11 is 0. The Morgan fingerprint density at radius 3 is 2.78 bits per heavy atom. The molecule has 6 nitrogen and oxygen atoms in total. The minimum absolute atomic E-state index is 0.0108. The molecule has 32 heavy (non-hydrogen) atoms. The number of rotatable bonds is 5. The van der Waals surface area contributed by atoms with Crippen LogP contribution >= 0.6 is 0 Å². The number of nitrogens with one attached hydrogen (secondary N) is 1. The number of amidine groups is 1. The van der Waals surface area contributed by atoms with E-state index in [1.807, 2.05) is 0 Å². The second-order valence-electron chi connectivity index (χ2n) is 7.64. The molecule has 0 bridgehead atoms. The smallest absolute Gasteiger partial charge is 0.422 e. The zero-order valence-electron chi connectivity index (χ0n) is 17.0. The molecule has 0 aliphatic carbocycles. The first kappa shape index (κ1) is 21.8. The van der Waals surface area contributed by atoms with Crippen molar-refractivity contribution < 1.29 is 27.0 Å². The highest BCUT2D eigenvalue weighted by Crippen LogP contribution is 2.34. The molecule has 4 rings (SSSR count). The van der Waals surface area contributed by atoms with Crippen molar-refractivity contribution in [1.82, 2.24) is 4.98 Å². The van der Waals surface area contributed by atoms with Crippen LogP contribution in [0.25, 0.3) is 10.9 Å². The molecule has 0 saturated heterocycles. The zero-order chi connectivity index (χ0) is 22.9. The maximum Gasteiger partial charge on any atom is 0.422 e. The number of ether oxygens (including phenoxy) is 2. The molecule has 1 aromatic heterocycles. The lowest BCUT2D eigenvalue weighted by Crippen LogP contribution is -2.38. The summed E-state index contributed by atoms with van der Waals surface area (Å²) in [6, 6.07) is 11.2. The van der Waals surface area contributed by atoms with Gasteiger partial charge in [0.1, 0.15) is 29.5 Å². The van der Waals surface area contributed by atoms with Gasteiger partial charge in [0.25, 0.3) is 0 Å². The SMILES string of the molecule is CC1(c2cc(Nc3cccc4cc(OCC(F)(F)F)cnc34)ccc2F)COCC(N)=N1. The molecular weight excluding hydrogens is 428 g/mol. The van der Waals surface area contributed by atoms with Crippen LogP contribution in [0.4, 0.5) is 28.9 Å². The van der Waals surface area contributed by atoms with Crippen molar-refractivity contribution in [2.24, 2.45) is 10.7 Å². The van der Waals surface area contributed by atoms with E-state index in [1.165, 1.54) is 18.3 Å². The number of aromatic nitrogens is 1. The lowest BCUT2D eigenvalue weighted by Gasteiger charge is -2.30. The van der Waals surface area contributed by atoms with Crippen LogP contribution < -0.4 is 15.8 Å². The minimum atomic E-state index is -4.44. The Kier molecular flexibility index (Phi) is 5.64. The number of benzene rings is 2. The molecule has 1 unspecified atom stereocenters. The van der Waals surface area contributed by atoms with E-state index in [1.54, 1.807) is 37.3 Å². The van der Waals surface area contributed by atoms with Crippen molar-refractivity contribution in [2.45, 2.75) is 18.6 Å². The van der Waals surface area contributed by atoms with Crippen LogP contribution in [0.15, 0.2) is 53.7 Å². The van der Waals surface area contributed by atoms with Crippen molar-refractivity contribution in [3.8, 4) is 5.75 Å². The van der Waals surface area contributed by atoms with Crippen LogP contribution in [0.2, 0.25) is 0 Å². The third-order valence-corrected chi connectivity index (χ3v) is 4.94. The van der Waals surface area contributed by atoms with E-state index in [-0.39, 0.29) is 19.0 Å². The van der Waals surface area contributed by atoms with Crippen LogP contribution in [0.1, 0.15) is 12.5 Å². The van der Waals surface area contributed by atoms with E-state index < -0.39 is 24.1 Å². The van der Waals surface area contributed by atoms with Crippen LogP contribution in [-0.2, 0) is 10.3 Å². The number of para-hydroxylation sites is 1. The minimum Gasteiger partial charge on any atom is -0.482 e. The first-order chi connectivity index (χ1) is 15.1. The van der Waals surface area contributed by atoms with Crippen molar-refractivity contribution in [3.63, 3.8) is 0 Å². The van der Waals surface area contributed by atoms with Crippen molar-refractivity contribution in [2.75, 3.05) is 25.1 Å². The Balaban J connectivity index is 1.63. The molecule has 1 atom stereocenters. The number of pyridine rings is 1. The van der Waals surface area contributed by atoms with Gasteiger partial charge in [0.15, 0.2) is 6.61 Å². The highest BCUT2D eigenvalue weighted by atomic mass is 19.4. The number of anilines is 2. The van der Waals surface area contributed by atoms with Crippen LogP contribution in [0, 0.1) is 5.82 Å². The van der Waals surface area contributed by atoms with Gasteiger partial charge in [-0.1, -0.05) is 12.1 Å². The van der Waals surface area contributed by atoms with Crippen molar-refractivity contribution in [3.05, 3.63) is 60.0 Å². The van der Waals surface area contributed by atoms with E-state index >= 15 is 0 Å². The summed E-state index contributed by atoms with van der Waals surface area (Å²) in [5.74, 6) is -0.141.